The van der Waals surface area contributed by atoms with Crippen molar-refractivity contribution in [3.05, 3.63) is 34.9 Å². The SMILES string of the molecule is CC(c1ccccc1Cl)N(C(=O)C[C@@H]1CCC[C@H]1N)C1CC1.Cl. The highest BCUT2D eigenvalue weighted by Gasteiger charge is 2.38. The number of carbonyl (C=O) groups is 1. The van der Waals surface area contributed by atoms with Crippen LogP contribution in [0.5, 0.6) is 0 Å². The Morgan fingerprint density at radius 2 is 2.00 bits per heavy atom. The van der Waals surface area contributed by atoms with Crippen LogP contribution in [0, 0.1) is 5.92 Å². The quantitative estimate of drug-likeness (QED) is 0.853. The summed E-state index contributed by atoms with van der Waals surface area (Å²) in [7, 11) is 0. The predicted molar refractivity (Wildman–Crippen MR) is 96.9 cm³/mol. The lowest BCUT2D eigenvalue weighted by molar-refractivity contribution is -0.135. The number of amides is 1. The van der Waals surface area contributed by atoms with Gasteiger partial charge in [0, 0.05) is 23.5 Å². The Bertz CT molecular complexity index is 548. The zero-order valence-corrected chi connectivity index (χ0v) is 15.2. The second kappa shape index (κ2) is 7.87. The van der Waals surface area contributed by atoms with Crippen LogP contribution in [0.4, 0.5) is 0 Å². The molecule has 1 aromatic carbocycles. The summed E-state index contributed by atoms with van der Waals surface area (Å²) in [5.74, 6) is 0.601. The second-order valence-corrected chi connectivity index (χ2v) is 7.20. The van der Waals surface area contributed by atoms with Crippen molar-refractivity contribution in [3.63, 3.8) is 0 Å². The zero-order chi connectivity index (χ0) is 15.7. The number of carbonyl (C=O) groups excluding carboxylic acids is 1. The van der Waals surface area contributed by atoms with Gasteiger partial charge in [0.25, 0.3) is 0 Å². The number of nitrogens with two attached hydrogens (primary N) is 1. The van der Waals surface area contributed by atoms with Crippen LogP contribution < -0.4 is 5.73 Å². The zero-order valence-electron chi connectivity index (χ0n) is 13.6. The fourth-order valence-electron chi connectivity index (χ4n) is 3.70. The Morgan fingerprint density at radius 1 is 1.30 bits per heavy atom. The van der Waals surface area contributed by atoms with Gasteiger partial charge in [-0.3, -0.25) is 4.79 Å². The van der Waals surface area contributed by atoms with Crippen LogP contribution in [-0.4, -0.2) is 22.9 Å². The third-order valence-corrected chi connectivity index (χ3v) is 5.50. The molecule has 1 aromatic rings. The van der Waals surface area contributed by atoms with E-state index < -0.39 is 0 Å². The molecule has 0 radical (unpaired) electrons. The van der Waals surface area contributed by atoms with Crippen LogP contribution in [0.25, 0.3) is 0 Å². The van der Waals surface area contributed by atoms with Crippen molar-refractivity contribution in [3.8, 4) is 0 Å². The van der Waals surface area contributed by atoms with Crippen LogP contribution in [0.1, 0.15) is 57.1 Å². The van der Waals surface area contributed by atoms with Gasteiger partial charge in [0.05, 0.1) is 6.04 Å². The molecule has 1 unspecified atom stereocenters. The van der Waals surface area contributed by atoms with Gasteiger partial charge in [0.1, 0.15) is 0 Å². The summed E-state index contributed by atoms with van der Waals surface area (Å²) >= 11 is 6.33. The Balaban J connectivity index is 0.00000192. The first-order chi connectivity index (χ1) is 10.6. The number of halogens is 2. The molecular formula is C18H26Cl2N2O. The van der Waals surface area contributed by atoms with E-state index in [-0.39, 0.29) is 30.4 Å². The first kappa shape index (κ1) is 18.6. The van der Waals surface area contributed by atoms with Gasteiger partial charge in [0.15, 0.2) is 0 Å². The monoisotopic (exact) mass is 356 g/mol. The molecule has 2 aliphatic carbocycles. The Hall–Kier alpha value is -0.770. The van der Waals surface area contributed by atoms with E-state index in [2.05, 4.69) is 11.8 Å². The molecule has 0 aromatic heterocycles. The molecule has 5 heteroatoms. The lowest BCUT2D eigenvalue weighted by Gasteiger charge is -2.31. The average Bonchev–Trinajstić information content (AvgIpc) is 3.24. The Morgan fingerprint density at radius 3 is 2.57 bits per heavy atom. The van der Waals surface area contributed by atoms with Crippen molar-refractivity contribution in [2.45, 2.75) is 63.6 Å². The maximum Gasteiger partial charge on any atom is 0.223 e. The van der Waals surface area contributed by atoms with E-state index in [9.17, 15) is 4.79 Å². The molecule has 0 spiro atoms. The van der Waals surface area contributed by atoms with Crippen LogP contribution in [0.15, 0.2) is 24.3 Å². The van der Waals surface area contributed by atoms with E-state index in [4.69, 9.17) is 17.3 Å². The fraction of sp³-hybridized carbons (Fsp3) is 0.611. The second-order valence-electron chi connectivity index (χ2n) is 6.79. The fourth-order valence-corrected chi connectivity index (χ4v) is 3.99. The maximum absolute atomic E-state index is 12.9. The minimum atomic E-state index is 0. The van der Waals surface area contributed by atoms with E-state index in [1.807, 2.05) is 24.3 Å². The summed E-state index contributed by atoms with van der Waals surface area (Å²) in [6, 6.07) is 8.45. The number of hydrogen-bond donors (Lipinski definition) is 1. The molecular weight excluding hydrogens is 331 g/mol. The summed E-state index contributed by atoms with van der Waals surface area (Å²) in [6.45, 7) is 2.09. The number of nitrogens with zero attached hydrogens (tertiary/aromatic N) is 1. The molecule has 3 atom stereocenters. The van der Waals surface area contributed by atoms with Crippen molar-refractivity contribution >= 4 is 29.9 Å². The molecule has 2 N–H and O–H groups in total. The molecule has 0 aliphatic heterocycles. The molecule has 23 heavy (non-hydrogen) atoms. The molecule has 0 heterocycles. The highest BCUT2D eigenvalue weighted by atomic mass is 35.5. The minimum Gasteiger partial charge on any atom is -0.333 e. The van der Waals surface area contributed by atoms with Crippen molar-refractivity contribution in [2.75, 3.05) is 0 Å². The third-order valence-electron chi connectivity index (χ3n) is 5.16. The summed E-state index contributed by atoms with van der Waals surface area (Å²) in [5.41, 5.74) is 7.18. The first-order valence-corrected chi connectivity index (χ1v) is 8.77. The maximum atomic E-state index is 12.9. The highest BCUT2D eigenvalue weighted by Crippen LogP contribution is 2.38. The number of hydrogen-bond acceptors (Lipinski definition) is 2. The first-order valence-electron chi connectivity index (χ1n) is 8.39. The number of rotatable bonds is 5. The lowest BCUT2D eigenvalue weighted by Crippen LogP contribution is -2.38. The normalized spacial score (nSPS) is 24.8. The van der Waals surface area contributed by atoms with Gasteiger partial charge >= 0.3 is 0 Å². The molecule has 3 rings (SSSR count). The van der Waals surface area contributed by atoms with E-state index in [1.165, 1.54) is 0 Å². The van der Waals surface area contributed by atoms with E-state index >= 15 is 0 Å². The molecule has 1 amide bonds. The van der Waals surface area contributed by atoms with Gasteiger partial charge in [-0.05, 0) is 50.2 Å². The smallest absolute Gasteiger partial charge is 0.223 e. The van der Waals surface area contributed by atoms with Crippen molar-refractivity contribution in [2.24, 2.45) is 11.7 Å². The van der Waals surface area contributed by atoms with Crippen molar-refractivity contribution in [1.29, 1.82) is 0 Å². The molecule has 2 saturated carbocycles. The van der Waals surface area contributed by atoms with Gasteiger partial charge < -0.3 is 10.6 Å². The average molecular weight is 357 g/mol. The van der Waals surface area contributed by atoms with Gasteiger partial charge in [-0.25, -0.2) is 0 Å². The summed E-state index contributed by atoms with van der Waals surface area (Å²) in [5, 5.41) is 0.742. The molecule has 0 bridgehead atoms. The van der Waals surface area contributed by atoms with Crippen LogP contribution in [-0.2, 0) is 4.79 Å². The largest absolute Gasteiger partial charge is 0.333 e. The van der Waals surface area contributed by atoms with Crippen molar-refractivity contribution in [1.82, 2.24) is 4.90 Å². The summed E-state index contributed by atoms with van der Waals surface area (Å²) in [6.07, 6.45) is 6.11. The van der Waals surface area contributed by atoms with Gasteiger partial charge in [-0.1, -0.05) is 36.2 Å². The highest BCUT2D eigenvalue weighted by molar-refractivity contribution is 6.31. The third kappa shape index (κ3) is 4.20. The standard InChI is InChI=1S/C18H25ClN2O.ClH/c1-12(15-6-2-3-7-16(15)19)21(14-9-10-14)18(22)11-13-5-4-8-17(13)20;/h2-3,6-7,12-14,17H,4-5,8-11,20H2,1H3;1H/t12?,13-,17+;/m0./s1. The van der Waals surface area contributed by atoms with E-state index in [1.54, 1.807) is 0 Å². The minimum absolute atomic E-state index is 0. The van der Waals surface area contributed by atoms with Gasteiger partial charge in [-0.15, -0.1) is 12.4 Å². The molecule has 0 saturated heterocycles. The predicted octanol–water partition coefficient (Wildman–Crippen LogP) is 4.33. The lowest BCUT2D eigenvalue weighted by atomic mass is 9.98. The summed E-state index contributed by atoms with van der Waals surface area (Å²) in [4.78, 5) is 14.9. The topological polar surface area (TPSA) is 46.3 Å². The Labute approximate surface area is 150 Å². The van der Waals surface area contributed by atoms with Crippen LogP contribution in [0.2, 0.25) is 5.02 Å². The van der Waals surface area contributed by atoms with Crippen molar-refractivity contribution < 1.29 is 4.79 Å². The summed E-state index contributed by atoms with van der Waals surface area (Å²) < 4.78 is 0. The molecule has 3 nitrogen and oxygen atoms in total. The molecule has 2 aliphatic rings. The number of benzene rings is 1. The molecule has 128 valence electrons. The Kier molecular flexibility index (Phi) is 6.35. The van der Waals surface area contributed by atoms with Crippen LogP contribution >= 0.6 is 24.0 Å². The van der Waals surface area contributed by atoms with Gasteiger partial charge in [-0.2, -0.15) is 0 Å². The molecule has 2 fully saturated rings. The van der Waals surface area contributed by atoms with E-state index in [0.717, 1.165) is 42.7 Å². The van der Waals surface area contributed by atoms with Crippen LogP contribution in [0.3, 0.4) is 0 Å². The van der Waals surface area contributed by atoms with Gasteiger partial charge in [0.2, 0.25) is 5.91 Å². The van der Waals surface area contributed by atoms with E-state index in [0.29, 0.717) is 18.4 Å².